The Morgan fingerprint density at radius 2 is 1.92 bits per heavy atom. The van der Waals surface area contributed by atoms with E-state index in [1.807, 2.05) is 0 Å². The molecule has 2 nitrogen and oxygen atoms in total. The molecule has 0 heterocycles. The molecular weight excluding hydrogens is 203 g/mol. The summed E-state index contributed by atoms with van der Waals surface area (Å²) in [5.74, 6) is -0.771. The van der Waals surface area contributed by atoms with Crippen molar-refractivity contribution in [3.05, 3.63) is 0 Å². The number of carbonyl (C=O) groups excluding carboxylic acids is 1. The Morgan fingerprint density at radius 1 is 1.46 bits per heavy atom. The summed E-state index contributed by atoms with van der Waals surface area (Å²) in [5, 5.41) is 1.07. The average molecular weight is 215 g/mol. The second-order valence-electron chi connectivity index (χ2n) is 3.02. The van der Waals surface area contributed by atoms with Crippen molar-refractivity contribution in [3.8, 4) is 0 Å². The minimum atomic E-state index is -4.36. The summed E-state index contributed by atoms with van der Waals surface area (Å²) in [4.78, 5) is 10.9. The number of hydrogen-bond donors (Lipinski definition) is 2. The van der Waals surface area contributed by atoms with E-state index >= 15 is 0 Å². The van der Waals surface area contributed by atoms with Crippen LogP contribution in [0.5, 0.6) is 0 Å². The Bertz CT molecular complexity index is 181. The van der Waals surface area contributed by atoms with Crippen LogP contribution in [0.2, 0.25) is 0 Å². The van der Waals surface area contributed by atoms with Crippen molar-refractivity contribution in [1.82, 2.24) is 5.32 Å². The molecule has 78 valence electrons. The predicted molar refractivity (Wildman–Crippen MR) is 46.7 cm³/mol. The van der Waals surface area contributed by atoms with Gasteiger partial charge in [-0.15, -0.1) is 0 Å². The van der Waals surface area contributed by atoms with E-state index in [1.165, 1.54) is 0 Å². The van der Waals surface area contributed by atoms with E-state index in [0.717, 1.165) is 0 Å². The largest absolute Gasteiger partial charge is 0.405 e. The van der Waals surface area contributed by atoms with Gasteiger partial charge in [-0.25, -0.2) is 0 Å². The first-order valence-electron chi connectivity index (χ1n) is 3.76. The quantitative estimate of drug-likeness (QED) is 0.688. The number of carbonyl (C=O) groups is 1. The molecule has 0 aromatic rings. The molecule has 0 aliphatic rings. The van der Waals surface area contributed by atoms with Gasteiger partial charge in [0.15, 0.2) is 0 Å². The topological polar surface area (TPSA) is 29.1 Å². The van der Waals surface area contributed by atoms with Crippen LogP contribution in [0.3, 0.4) is 0 Å². The fraction of sp³-hybridized carbons (Fsp3) is 0.857. The number of nitrogens with one attached hydrogen (secondary N) is 1. The maximum absolute atomic E-state index is 11.6. The van der Waals surface area contributed by atoms with Gasteiger partial charge in [0.05, 0.1) is 5.25 Å². The van der Waals surface area contributed by atoms with Crippen LogP contribution in [-0.2, 0) is 4.79 Å². The van der Waals surface area contributed by atoms with Gasteiger partial charge in [-0.3, -0.25) is 4.79 Å². The molecule has 0 radical (unpaired) electrons. The van der Waals surface area contributed by atoms with Gasteiger partial charge in [0.1, 0.15) is 6.54 Å². The number of halogens is 3. The Kier molecular flexibility index (Phi) is 4.60. The van der Waals surface area contributed by atoms with Gasteiger partial charge in [0.2, 0.25) is 5.91 Å². The lowest BCUT2D eigenvalue weighted by atomic mass is 10.1. The Labute approximate surface area is 80.3 Å². The number of thiol groups is 1. The number of alkyl halides is 3. The van der Waals surface area contributed by atoms with Crippen LogP contribution in [0.15, 0.2) is 0 Å². The van der Waals surface area contributed by atoms with Crippen molar-refractivity contribution >= 4 is 18.5 Å². The SMILES string of the molecule is CC(C)C(S)C(=O)NCC(F)(F)F. The Balaban J connectivity index is 3.89. The molecule has 1 amide bonds. The minimum Gasteiger partial charge on any atom is -0.346 e. The molecule has 0 fully saturated rings. The van der Waals surface area contributed by atoms with Gasteiger partial charge in [0, 0.05) is 0 Å². The van der Waals surface area contributed by atoms with Gasteiger partial charge in [-0.05, 0) is 5.92 Å². The summed E-state index contributed by atoms with van der Waals surface area (Å²) in [6, 6.07) is 0. The first-order chi connectivity index (χ1) is 5.74. The summed E-state index contributed by atoms with van der Waals surface area (Å²) in [6.07, 6.45) is -4.36. The normalized spacial score (nSPS) is 14.4. The first kappa shape index (κ1) is 12.6. The monoisotopic (exact) mass is 215 g/mol. The van der Waals surface area contributed by atoms with Crippen LogP contribution in [0.1, 0.15) is 13.8 Å². The predicted octanol–water partition coefficient (Wildman–Crippen LogP) is 1.62. The lowest BCUT2D eigenvalue weighted by Gasteiger charge is -2.15. The molecule has 0 aliphatic carbocycles. The van der Waals surface area contributed by atoms with Crippen LogP contribution >= 0.6 is 12.6 Å². The highest BCUT2D eigenvalue weighted by molar-refractivity contribution is 7.81. The van der Waals surface area contributed by atoms with Crippen molar-refractivity contribution in [2.24, 2.45) is 5.92 Å². The van der Waals surface area contributed by atoms with Crippen molar-refractivity contribution < 1.29 is 18.0 Å². The van der Waals surface area contributed by atoms with Crippen molar-refractivity contribution in [2.75, 3.05) is 6.54 Å². The molecule has 1 atom stereocenters. The molecule has 0 aromatic carbocycles. The van der Waals surface area contributed by atoms with Gasteiger partial charge >= 0.3 is 6.18 Å². The highest BCUT2D eigenvalue weighted by Crippen LogP contribution is 2.13. The van der Waals surface area contributed by atoms with E-state index in [-0.39, 0.29) is 5.92 Å². The molecule has 0 saturated heterocycles. The third kappa shape index (κ3) is 5.79. The average Bonchev–Trinajstić information content (AvgIpc) is 1.97. The fourth-order valence-electron chi connectivity index (χ4n) is 0.595. The zero-order chi connectivity index (χ0) is 10.6. The zero-order valence-corrected chi connectivity index (χ0v) is 8.25. The standard InChI is InChI=1S/C7H12F3NOS/c1-4(2)5(13)6(12)11-3-7(8,9)10/h4-5,13H,3H2,1-2H3,(H,11,12). The molecule has 0 aliphatic heterocycles. The summed E-state index contributed by atoms with van der Waals surface area (Å²) in [5.41, 5.74) is 0. The number of hydrogen-bond acceptors (Lipinski definition) is 2. The zero-order valence-electron chi connectivity index (χ0n) is 7.35. The molecule has 0 saturated carbocycles. The van der Waals surface area contributed by atoms with Gasteiger partial charge in [-0.1, -0.05) is 13.8 Å². The molecule has 1 unspecified atom stereocenters. The molecule has 0 spiro atoms. The van der Waals surface area contributed by atoms with E-state index in [0.29, 0.717) is 0 Å². The smallest absolute Gasteiger partial charge is 0.346 e. The Hall–Kier alpha value is -0.390. The summed E-state index contributed by atoms with van der Waals surface area (Å²) >= 11 is 3.87. The van der Waals surface area contributed by atoms with E-state index in [9.17, 15) is 18.0 Å². The van der Waals surface area contributed by atoms with Crippen LogP contribution in [0.4, 0.5) is 13.2 Å². The van der Waals surface area contributed by atoms with Crippen LogP contribution < -0.4 is 5.32 Å². The third-order valence-electron chi connectivity index (χ3n) is 1.36. The van der Waals surface area contributed by atoms with Gasteiger partial charge in [-0.2, -0.15) is 25.8 Å². The summed E-state index contributed by atoms with van der Waals surface area (Å²) < 4.78 is 34.9. The highest BCUT2D eigenvalue weighted by Gasteiger charge is 2.29. The van der Waals surface area contributed by atoms with Gasteiger partial charge < -0.3 is 5.32 Å². The highest BCUT2D eigenvalue weighted by atomic mass is 32.1. The van der Waals surface area contributed by atoms with Crippen LogP contribution in [-0.4, -0.2) is 23.9 Å². The molecular formula is C7H12F3NOS. The van der Waals surface area contributed by atoms with Crippen molar-refractivity contribution in [3.63, 3.8) is 0 Å². The fourth-order valence-corrected chi connectivity index (χ4v) is 0.686. The third-order valence-corrected chi connectivity index (χ3v) is 2.19. The second kappa shape index (κ2) is 4.74. The number of amides is 1. The lowest BCUT2D eigenvalue weighted by Crippen LogP contribution is -2.39. The van der Waals surface area contributed by atoms with Crippen molar-refractivity contribution in [2.45, 2.75) is 25.3 Å². The number of rotatable bonds is 3. The molecule has 1 N–H and O–H groups in total. The summed E-state index contributed by atoms with van der Waals surface area (Å²) in [6.45, 7) is 2.13. The minimum absolute atomic E-state index is 0.0865. The van der Waals surface area contributed by atoms with E-state index in [1.54, 1.807) is 19.2 Å². The molecule has 0 rings (SSSR count). The van der Waals surface area contributed by atoms with Crippen molar-refractivity contribution in [1.29, 1.82) is 0 Å². The van der Waals surface area contributed by atoms with Crippen LogP contribution in [0, 0.1) is 5.92 Å². The lowest BCUT2D eigenvalue weighted by molar-refractivity contribution is -0.138. The van der Waals surface area contributed by atoms with Gasteiger partial charge in [0.25, 0.3) is 0 Å². The second-order valence-corrected chi connectivity index (χ2v) is 3.58. The maximum atomic E-state index is 11.6. The van der Waals surface area contributed by atoms with E-state index in [2.05, 4.69) is 12.6 Å². The molecule has 13 heavy (non-hydrogen) atoms. The van der Waals surface area contributed by atoms with E-state index in [4.69, 9.17) is 0 Å². The first-order valence-corrected chi connectivity index (χ1v) is 4.28. The Morgan fingerprint density at radius 3 is 2.23 bits per heavy atom. The maximum Gasteiger partial charge on any atom is 0.405 e. The molecule has 0 bridgehead atoms. The molecule has 0 aromatic heterocycles. The summed E-state index contributed by atoms with van der Waals surface area (Å²) in [7, 11) is 0. The molecule has 6 heteroatoms. The van der Waals surface area contributed by atoms with E-state index < -0.39 is 23.9 Å². The van der Waals surface area contributed by atoms with Crippen LogP contribution in [0.25, 0.3) is 0 Å².